The number of hydrogen-bond donors (Lipinski definition) is 1. The first-order chi connectivity index (χ1) is 10.1. The molecule has 1 aromatic carbocycles. The highest BCUT2D eigenvalue weighted by Gasteiger charge is 2.12. The molecule has 1 N–H and O–H groups in total. The SMILES string of the molecule is CCc1c(C)[nH]n2c(=O)cc(Cc3ccccc3F)nc12. The summed E-state index contributed by atoms with van der Waals surface area (Å²) in [5, 5.41) is 3.02. The van der Waals surface area contributed by atoms with Crippen LogP contribution in [0.1, 0.15) is 29.4 Å². The van der Waals surface area contributed by atoms with Crippen LogP contribution in [0, 0.1) is 12.7 Å². The van der Waals surface area contributed by atoms with Crippen LogP contribution in [0.3, 0.4) is 0 Å². The Balaban J connectivity index is 2.12. The van der Waals surface area contributed by atoms with Crippen LogP contribution in [-0.4, -0.2) is 14.6 Å². The molecule has 0 amide bonds. The molecule has 2 heterocycles. The lowest BCUT2D eigenvalue weighted by molar-refractivity contribution is 0.613. The van der Waals surface area contributed by atoms with Crippen molar-refractivity contribution in [3.8, 4) is 0 Å². The number of fused-ring (bicyclic) bond motifs is 1. The quantitative estimate of drug-likeness (QED) is 0.804. The van der Waals surface area contributed by atoms with Gasteiger partial charge in [0.2, 0.25) is 0 Å². The number of rotatable bonds is 3. The highest BCUT2D eigenvalue weighted by atomic mass is 19.1. The van der Waals surface area contributed by atoms with Crippen molar-refractivity contribution in [1.82, 2.24) is 14.6 Å². The Morgan fingerprint density at radius 2 is 2.10 bits per heavy atom. The molecule has 3 rings (SSSR count). The lowest BCUT2D eigenvalue weighted by Crippen LogP contribution is -2.16. The van der Waals surface area contributed by atoms with Crippen LogP contribution in [0.4, 0.5) is 4.39 Å². The van der Waals surface area contributed by atoms with Gasteiger partial charge in [0.15, 0.2) is 5.65 Å². The summed E-state index contributed by atoms with van der Waals surface area (Å²) in [6.45, 7) is 3.94. The molecule has 0 unspecified atom stereocenters. The highest BCUT2D eigenvalue weighted by Crippen LogP contribution is 2.15. The molecule has 21 heavy (non-hydrogen) atoms. The molecular formula is C16H16FN3O. The summed E-state index contributed by atoms with van der Waals surface area (Å²) in [6.07, 6.45) is 1.10. The number of hydrogen-bond acceptors (Lipinski definition) is 2. The van der Waals surface area contributed by atoms with Crippen molar-refractivity contribution in [2.75, 3.05) is 0 Å². The summed E-state index contributed by atoms with van der Waals surface area (Å²) >= 11 is 0. The van der Waals surface area contributed by atoms with Gasteiger partial charge < -0.3 is 0 Å². The summed E-state index contributed by atoms with van der Waals surface area (Å²) in [7, 11) is 0. The molecule has 0 spiro atoms. The second kappa shape index (κ2) is 5.16. The van der Waals surface area contributed by atoms with E-state index >= 15 is 0 Å². The van der Waals surface area contributed by atoms with Gasteiger partial charge >= 0.3 is 0 Å². The molecule has 0 saturated carbocycles. The maximum absolute atomic E-state index is 13.7. The Kier molecular flexibility index (Phi) is 3.33. The third-order valence-electron chi connectivity index (χ3n) is 3.66. The molecule has 0 atom stereocenters. The first-order valence-corrected chi connectivity index (χ1v) is 6.93. The number of aryl methyl sites for hydroxylation is 2. The molecule has 2 aromatic heterocycles. The van der Waals surface area contributed by atoms with Gasteiger partial charge in [0.05, 0.1) is 5.69 Å². The first kappa shape index (κ1) is 13.5. The van der Waals surface area contributed by atoms with E-state index in [0.29, 0.717) is 23.3 Å². The molecule has 0 fully saturated rings. The molecule has 108 valence electrons. The van der Waals surface area contributed by atoms with Crippen molar-refractivity contribution in [1.29, 1.82) is 0 Å². The van der Waals surface area contributed by atoms with Crippen LogP contribution >= 0.6 is 0 Å². The van der Waals surface area contributed by atoms with Gasteiger partial charge in [-0.1, -0.05) is 25.1 Å². The maximum Gasteiger partial charge on any atom is 0.272 e. The van der Waals surface area contributed by atoms with Crippen LogP contribution in [0.5, 0.6) is 0 Å². The van der Waals surface area contributed by atoms with E-state index in [9.17, 15) is 9.18 Å². The molecule has 0 aliphatic carbocycles. The number of H-pyrrole nitrogens is 1. The van der Waals surface area contributed by atoms with Gasteiger partial charge in [-0.2, -0.15) is 0 Å². The van der Waals surface area contributed by atoms with Gasteiger partial charge in [0.1, 0.15) is 5.82 Å². The Morgan fingerprint density at radius 3 is 2.81 bits per heavy atom. The zero-order chi connectivity index (χ0) is 15.0. The second-order valence-electron chi connectivity index (χ2n) is 5.08. The van der Waals surface area contributed by atoms with E-state index in [1.54, 1.807) is 18.2 Å². The summed E-state index contributed by atoms with van der Waals surface area (Å²) in [5.41, 5.74) is 3.54. The normalized spacial score (nSPS) is 11.2. The summed E-state index contributed by atoms with van der Waals surface area (Å²) < 4.78 is 15.2. The molecule has 0 radical (unpaired) electrons. The monoisotopic (exact) mass is 285 g/mol. The molecule has 4 nitrogen and oxygen atoms in total. The Morgan fingerprint density at radius 1 is 1.33 bits per heavy atom. The van der Waals surface area contributed by atoms with Crippen molar-refractivity contribution in [2.45, 2.75) is 26.7 Å². The number of nitrogens with one attached hydrogen (secondary N) is 1. The number of aromatic amines is 1. The lowest BCUT2D eigenvalue weighted by atomic mass is 10.1. The topological polar surface area (TPSA) is 50.2 Å². The standard InChI is InChI=1S/C16H16FN3O/c1-3-13-10(2)19-20-15(21)9-12(18-16(13)20)8-11-6-4-5-7-14(11)17/h4-7,9,19H,3,8H2,1-2H3. The summed E-state index contributed by atoms with van der Waals surface area (Å²) in [6, 6.07) is 8.01. The van der Waals surface area contributed by atoms with Crippen molar-refractivity contribution < 1.29 is 4.39 Å². The van der Waals surface area contributed by atoms with E-state index in [1.807, 2.05) is 13.8 Å². The number of benzene rings is 1. The predicted molar refractivity (Wildman–Crippen MR) is 79.1 cm³/mol. The number of nitrogens with zero attached hydrogens (tertiary/aromatic N) is 2. The third-order valence-corrected chi connectivity index (χ3v) is 3.66. The van der Waals surface area contributed by atoms with Crippen LogP contribution in [0.25, 0.3) is 5.65 Å². The lowest BCUT2D eigenvalue weighted by Gasteiger charge is -2.03. The number of aromatic nitrogens is 3. The molecule has 0 aliphatic rings. The highest BCUT2D eigenvalue weighted by molar-refractivity contribution is 5.50. The van der Waals surface area contributed by atoms with Gasteiger partial charge in [0, 0.05) is 23.7 Å². The van der Waals surface area contributed by atoms with Gasteiger partial charge in [-0.15, -0.1) is 0 Å². The number of halogens is 1. The second-order valence-corrected chi connectivity index (χ2v) is 5.08. The maximum atomic E-state index is 13.7. The average Bonchev–Trinajstić information content (AvgIpc) is 2.78. The minimum atomic E-state index is -0.277. The molecular weight excluding hydrogens is 269 g/mol. The largest absolute Gasteiger partial charge is 0.294 e. The Bertz CT molecular complexity index is 864. The van der Waals surface area contributed by atoms with E-state index < -0.39 is 0 Å². The first-order valence-electron chi connectivity index (χ1n) is 6.93. The zero-order valence-corrected chi connectivity index (χ0v) is 12.0. The van der Waals surface area contributed by atoms with Crippen molar-refractivity contribution in [3.05, 3.63) is 69.0 Å². The van der Waals surface area contributed by atoms with E-state index in [1.165, 1.54) is 16.6 Å². The molecule has 0 aliphatic heterocycles. The van der Waals surface area contributed by atoms with Gasteiger partial charge in [-0.25, -0.2) is 13.9 Å². The smallest absolute Gasteiger partial charge is 0.272 e. The minimum absolute atomic E-state index is 0.172. The van der Waals surface area contributed by atoms with Crippen LogP contribution < -0.4 is 5.56 Å². The van der Waals surface area contributed by atoms with Crippen molar-refractivity contribution in [3.63, 3.8) is 0 Å². The summed E-state index contributed by atoms with van der Waals surface area (Å²) in [5.74, 6) is -0.277. The molecule has 0 bridgehead atoms. The van der Waals surface area contributed by atoms with Gasteiger partial charge in [-0.05, 0) is 25.0 Å². The molecule has 0 saturated heterocycles. The van der Waals surface area contributed by atoms with Crippen LogP contribution in [0.2, 0.25) is 0 Å². The predicted octanol–water partition coefficient (Wildman–Crippen LogP) is 2.62. The van der Waals surface area contributed by atoms with Crippen molar-refractivity contribution >= 4 is 5.65 Å². The van der Waals surface area contributed by atoms with Crippen LogP contribution in [-0.2, 0) is 12.8 Å². The fourth-order valence-corrected chi connectivity index (χ4v) is 2.59. The fourth-order valence-electron chi connectivity index (χ4n) is 2.59. The van der Waals surface area contributed by atoms with E-state index in [4.69, 9.17) is 0 Å². The van der Waals surface area contributed by atoms with E-state index in [-0.39, 0.29) is 11.4 Å². The molecule has 5 heteroatoms. The average molecular weight is 285 g/mol. The fraction of sp³-hybridized carbons (Fsp3) is 0.250. The zero-order valence-electron chi connectivity index (χ0n) is 12.0. The summed E-state index contributed by atoms with van der Waals surface area (Å²) in [4.78, 5) is 16.7. The van der Waals surface area contributed by atoms with Crippen molar-refractivity contribution in [2.24, 2.45) is 0 Å². The Hall–Kier alpha value is -2.43. The van der Waals surface area contributed by atoms with Gasteiger partial charge in [0.25, 0.3) is 5.56 Å². The molecule has 3 aromatic rings. The van der Waals surface area contributed by atoms with E-state index in [2.05, 4.69) is 10.1 Å². The van der Waals surface area contributed by atoms with E-state index in [0.717, 1.165) is 17.7 Å². The third kappa shape index (κ3) is 2.35. The Labute approximate surface area is 121 Å². The van der Waals surface area contributed by atoms with Crippen LogP contribution in [0.15, 0.2) is 35.1 Å². The van der Waals surface area contributed by atoms with Gasteiger partial charge in [-0.3, -0.25) is 9.89 Å². The minimum Gasteiger partial charge on any atom is -0.294 e.